The van der Waals surface area contributed by atoms with Crippen molar-refractivity contribution in [3.05, 3.63) is 298 Å². The number of aryl methyl sites for hydroxylation is 2. The highest BCUT2D eigenvalue weighted by atomic mass is 16.5. The molecule has 0 N–H and O–H groups in total. The Labute approximate surface area is 394 Å². The van der Waals surface area contributed by atoms with Gasteiger partial charge in [0.15, 0.2) is 0 Å². The summed E-state index contributed by atoms with van der Waals surface area (Å²) in [6, 6.07) is 90.1. The fourth-order valence-electron chi connectivity index (χ4n) is 11.7. The quantitative estimate of drug-likeness (QED) is 0.143. The molecular weight excluding hydrogens is 811 g/mol. The van der Waals surface area contributed by atoms with Crippen molar-refractivity contribution >= 4 is 17.1 Å². The van der Waals surface area contributed by atoms with Crippen LogP contribution in [0.3, 0.4) is 0 Å². The van der Waals surface area contributed by atoms with Gasteiger partial charge < -0.3 is 9.64 Å². The van der Waals surface area contributed by atoms with Crippen LogP contribution < -0.4 is 9.64 Å². The average Bonchev–Trinajstić information content (AvgIpc) is 3.85. The van der Waals surface area contributed by atoms with Gasteiger partial charge in [-0.2, -0.15) is 0 Å². The summed E-state index contributed by atoms with van der Waals surface area (Å²) < 4.78 is 5.75. The van der Waals surface area contributed by atoms with Gasteiger partial charge in [-0.05, 0) is 140 Å². The number of nitrogens with zero attached hydrogens (tertiary/aromatic N) is 1. The Bertz CT molecular complexity index is 3390. The largest absolute Gasteiger partial charge is 0.497 e. The summed E-state index contributed by atoms with van der Waals surface area (Å²) in [5.74, 6) is 0.838. The van der Waals surface area contributed by atoms with Crippen LogP contribution in [0, 0.1) is 13.8 Å². The molecule has 0 spiro atoms. The van der Waals surface area contributed by atoms with Crippen molar-refractivity contribution in [3.63, 3.8) is 0 Å². The highest BCUT2D eigenvalue weighted by molar-refractivity contribution is 5.92. The molecule has 0 bridgehead atoms. The maximum Gasteiger partial charge on any atom is 0.118 e. The topological polar surface area (TPSA) is 12.5 Å². The number of ether oxygens (including phenoxy) is 1. The Morgan fingerprint density at radius 2 is 0.716 bits per heavy atom. The van der Waals surface area contributed by atoms with Crippen molar-refractivity contribution in [2.24, 2.45) is 0 Å². The first-order valence-electron chi connectivity index (χ1n) is 23.3. The molecule has 0 radical (unpaired) electrons. The molecule has 2 aliphatic rings. The summed E-state index contributed by atoms with van der Waals surface area (Å²) in [6.07, 6.45) is 0. The molecule has 1 unspecified atom stereocenters. The fourth-order valence-corrected chi connectivity index (χ4v) is 11.7. The van der Waals surface area contributed by atoms with Crippen molar-refractivity contribution in [1.82, 2.24) is 0 Å². The first kappa shape index (κ1) is 40.3. The molecule has 12 rings (SSSR count). The van der Waals surface area contributed by atoms with Crippen molar-refractivity contribution in [3.8, 4) is 39.1 Å². The van der Waals surface area contributed by atoms with E-state index in [9.17, 15) is 0 Å². The van der Waals surface area contributed by atoms with E-state index < -0.39 is 10.8 Å². The zero-order valence-corrected chi connectivity index (χ0v) is 37.9. The molecule has 0 aliphatic heterocycles. The summed E-state index contributed by atoms with van der Waals surface area (Å²) in [7, 11) is 1.74. The van der Waals surface area contributed by atoms with Crippen LogP contribution in [0.15, 0.2) is 243 Å². The Balaban J connectivity index is 1.14. The lowest BCUT2D eigenvalue weighted by molar-refractivity contribution is 0.414. The van der Waals surface area contributed by atoms with Crippen molar-refractivity contribution in [2.45, 2.75) is 24.7 Å². The number of fused-ring (bicyclic) bond motifs is 6. The molecule has 0 saturated heterocycles. The van der Waals surface area contributed by atoms with Gasteiger partial charge in [-0.3, -0.25) is 0 Å². The second-order valence-electron chi connectivity index (χ2n) is 18.1. The summed E-state index contributed by atoms with van der Waals surface area (Å²) in [5.41, 5.74) is 22.0. The highest BCUT2D eigenvalue weighted by Crippen LogP contribution is 2.60. The number of benzene rings is 10. The Morgan fingerprint density at radius 1 is 0.313 bits per heavy atom. The molecule has 10 aromatic carbocycles. The lowest BCUT2D eigenvalue weighted by Gasteiger charge is -2.36. The maximum atomic E-state index is 5.75. The van der Waals surface area contributed by atoms with Crippen molar-refractivity contribution in [1.29, 1.82) is 0 Å². The van der Waals surface area contributed by atoms with Crippen LogP contribution in [0.2, 0.25) is 0 Å². The van der Waals surface area contributed by atoms with Gasteiger partial charge in [0, 0.05) is 17.1 Å². The second kappa shape index (κ2) is 16.0. The third kappa shape index (κ3) is 6.24. The molecule has 0 heterocycles. The van der Waals surface area contributed by atoms with Crippen LogP contribution >= 0.6 is 0 Å². The monoisotopic (exact) mass is 859 g/mol. The molecule has 2 nitrogen and oxygen atoms in total. The summed E-state index contributed by atoms with van der Waals surface area (Å²) in [6.45, 7) is 4.43. The predicted molar refractivity (Wildman–Crippen MR) is 277 cm³/mol. The van der Waals surface area contributed by atoms with Gasteiger partial charge in [-0.15, -0.1) is 0 Å². The van der Waals surface area contributed by atoms with E-state index in [1.165, 1.54) is 89.0 Å². The SMILES string of the molecule is COc1ccc(C2(c3cc(C)cc(C)c3)c3ccccc3-c3ccc(N(c4ccc(-c5ccccc5)cc4)c4ccc5c(c4)C(c4ccccc4)(c4ccccc4)c4ccccc4-5)cc32)cc1. The maximum absolute atomic E-state index is 5.75. The second-order valence-corrected chi connectivity index (χ2v) is 18.1. The molecule has 0 saturated carbocycles. The zero-order chi connectivity index (χ0) is 45.1. The molecule has 2 heteroatoms. The van der Waals surface area contributed by atoms with Gasteiger partial charge in [0.25, 0.3) is 0 Å². The number of hydrogen-bond donors (Lipinski definition) is 0. The molecule has 10 aromatic rings. The van der Waals surface area contributed by atoms with E-state index in [-0.39, 0.29) is 0 Å². The first-order valence-corrected chi connectivity index (χ1v) is 23.3. The third-order valence-electron chi connectivity index (χ3n) is 14.4. The minimum Gasteiger partial charge on any atom is -0.497 e. The minimum absolute atomic E-state index is 0.542. The zero-order valence-electron chi connectivity index (χ0n) is 37.9. The number of hydrogen-bond acceptors (Lipinski definition) is 2. The average molecular weight is 860 g/mol. The molecule has 2 aliphatic carbocycles. The first-order chi connectivity index (χ1) is 33.0. The Morgan fingerprint density at radius 3 is 1.22 bits per heavy atom. The minimum atomic E-state index is -0.608. The molecule has 67 heavy (non-hydrogen) atoms. The van der Waals surface area contributed by atoms with E-state index in [0.717, 1.165) is 22.8 Å². The van der Waals surface area contributed by atoms with Gasteiger partial charge in [-0.25, -0.2) is 0 Å². The van der Waals surface area contributed by atoms with Gasteiger partial charge in [0.1, 0.15) is 5.75 Å². The Hall–Kier alpha value is -8.20. The highest BCUT2D eigenvalue weighted by Gasteiger charge is 2.48. The molecule has 320 valence electrons. The molecule has 0 amide bonds. The Kier molecular flexibility index (Phi) is 9.66. The lowest BCUT2D eigenvalue weighted by Crippen LogP contribution is -2.29. The summed E-state index contributed by atoms with van der Waals surface area (Å²) in [4.78, 5) is 2.47. The van der Waals surface area contributed by atoms with E-state index in [2.05, 4.69) is 261 Å². The molecule has 0 aromatic heterocycles. The van der Waals surface area contributed by atoms with Crippen molar-refractivity contribution in [2.75, 3.05) is 12.0 Å². The number of anilines is 3. The lowest BCUT2D eigenvalue weighted by atomic mass is 9.67. The smallest absolute Gasteiger partial charge is 0.118 e. The van der Waals surface area contributed by atoms with E-state index in [4.69, 9.17) is 4.74 Å². The van der Waals surface area contributed by atoms with Crippen LogP contribution in [-0.4, -0.2) is 7.11 Å². The van der Waals surface area contributed by atoms with Crippen LogP contribution in [-0.2, 0) is 10.8 Å². The standard InChI is InChI=1S/C65H49NO/c1-44-39-45(2)41-51(40-44)65(50-29-35-55(67-3)36-30-50)61-26-16-14-24-57(61)59-38-34-54(43-63(59)65)66(52-31-27-47(28-32-52)46-17-7-4-8-18-46)53-33-37-58-56-23-13-15-25-60(56)64(62(58)42-53,48-19-9-5-10-20-48)49-21-11-6-12-22-49/h4-43H,1-3H3. The van der Waals surface area contributed by atoms with E-state index in [0.29, 0.717) is 0 Å². The number of rotatable bonds is 9. The van der Waals surface area contributed by atoms with E-state index in [1.807, 2.05) is 0 Å². The normalized spacial score (nSPS) is 15.0. The van der Waals surface area contributed by atoms with Gasteiger partial charge >= 0.3 is 0 Å². The molecular formula is C65H49NO. The van der Waals surface area contributed by atoms with Crippen molar-refractivity contribution < 1.29 is 4.74 Å². The van der Waals surface area contributed by atoms with E-state index >= 15 is 0 Å². The van der Waals surface area contributed by atoms with Crippen LogP contribution in [0.1, 0.15) is 55.6 Å². The molecule has 0 fully saturated rings. The van der Waals surface area contributed by atoms with Crippen LogP contribution in [0.4, 0.5) is 17.1 Å². The van der Waals surface area contributed by atoms with Crippen LogP contribution in [0.5, 0.6) is 5.75 Å². The third-order valence-corrected chi connectivity index (χ3v) is 14.4. The van der Waals surface area contributed by atoms with Gasteiger partial charge in [0.2, 0.25) is 0 Å². The predicted octanol–water partition coefficient (Wildman–Crippen LogP) is 16.2. The molecule has 1 atom stereocenters. The van der Waals surface area contributed by atoms with Crippen LogP contribution in [0.25, 0.3) is 33.4 Å². The summed E-state index contributed by atoms with van der Waals surface area (Å²) >= 11 is 0. The number of methoxy groups -OCH3 is 1. The summed E-state index contributed by atoms with van der Waals surface area (Å²) in [5, 5.41) is 0. The van der Waals surface area contributed by atoms with Gasteiger partial charge in [0.05, 0.1) is 17.9 Å². The van der Waals surface area contributed by atoms with Gasteiger partial charge in [-0.1, -0.05) is 205 Å². The fraction of sp³-hybridized carbons (Fsp3) is 0.0769. The van der Waals surface area contributed by atoms with E-state index in [1.54, 1.807) is 7.11 Å².